The minimum atomic E-state index is 0.689. The second kappa shape index (κ2) is 2.89. The maximum atomic E-state index is 4.56. The molecule has 0 amide bonds. The van der Waals surface area contributed by atoms with Crippen LogP contribution in [-0.4, -0.2) is 5.71 Å². The van der Waals surface area contributed by atoms with E-state index in [4.69, 9.17) is 0 Å². The zero-order chi connectivity index (χ0) is 8.55. The van der Waals surface area contributed by atoms with Gasteiger partial charge in [-0.15, -0.1) is 0 Å². The molecule has 0 saturated carbocycles. The Morgan fingerprint density at radius 3 is 2.92 bits per heavy atom. The minimum absolute atomic E-state index is 0.689. The van der Waals surface area contributed by atoms with Crippen LogP contribution in [0.1, 0.15) is 33.1 Å². The zero-order valence-corrected chi connectivity index (χ0v) is 7.80. The van der Waals surface area contributed by atoms with Gasteiger partial charge in [0.1, 0.15) is 0 Å². The molecule has 0 bridgehead atoms. The highest BCUT2D eigenvalue weighted by atomic mass is 14.8. The van der Waals surface area contributed by atoms with Crippen LogP contribution in [0.15, 0.2) is 28.4 Å². The zero-order valence-electron chi connectivity index (χ0n) is 7.80. The standard InChI is InChI=1S/C11H15N/c1-8-7-9(2)12-11-6-4-3-5-10(8)11/h5-6,8H,3-4,7H2,1-2H3. The minimum Gasteiger partial charge on any atom is -0.258 e. The second-order valence-electron chi connectivity index (χ2n) is 3.78. The molecule has 1 heterocycles. The van der Waals surface area contributed by atoms with E-state index in [2.05, 4.69) is 31.0 Å². The van der Waals surface area contributed by atoms with Crippen LogP contribution < -0.4 is 0 Å². The highest BCUT2D eigenvalue weighted by Crippen LogP contribution is 2.32. The summed E-state index contributed by atoms with van der Waals surface area (Å²) in [6.45, 7) is 4.42. The van der Waals surface area contributed by atoms with Gasteiger partial charge in [0, 0.05) is 5.71 Å². The Bertz CT molecular complexity index is 281. The molecule has 1 unspecified atom stereocenters. The average Bonchev–Trinajstić information content (AvgIpc) is 2.04. The lowest BCUT2D eigenvalue weighted by Crippen LogP contribution is -2.14. The van der Waals surface area contributed by atoms with E-state index >= 15 is 0 Å². The van der Waals surface area contributed by atoms with Crippen LogP contribution in [0.4, 0.5) is 0 Å². The third-order valence-corrected chi connectivity index (χ3v) is 2.61. The lowest BCUT2D eigenvalue weighted by molar-refractivity contribution is 0.686. The Morgan fingerprint density at radius 2 is 2.08 bits per heavy atom. The van der Waals surface area contributed by atoms with E-state index in [1.165, 1.54) is 29.8 Å². The van der Waals surface area contributed by atoms with Crippen LogP contribution in [-0.2, 0) is 0 Å². The highest BCUT2D eigenvalue weighted by Gasteiger charge is 2.20. The first kappa shape index (κ1) is 7.78. The first-order valence-corrected chi connectivity index (χ1v) is 4.72. The maximum absolute atomic E-state index is 4.56. The molecule has 0 aromatic heterocycles. The van der Waals surface area contributed by atoms with Gasteiger partial charge in [-0.25, -0.2) is 0 Å². The van der Waals surface area contributed by atoms with Crippen LogP contribution in [0.3, 0.4) is 0 Å². The van der Waals surface area contributed by atoms with Gasteiger partial charge in [0.25, 0.3) is 0 Å². The van der Waals surface area contributed by atoms with Crippen LogP contribution in [0, 0.1) is 5.92 Å². The van der Waals surface area contributed by atoms with Gasteiger partial charge in [0.2, 0.25) is 0 Å². The molecule has 1 aliphatic heterocycles. The normalized spacial score (nSPS) is 28.5. The van der Waals surface area contributed by atoms with Crippen molar-refractivity contribution in [2.75, 3.05) is 0 Å². The lowest BCUT2D eigenvalue weighted by Gasteiger charge is -2.24. The lowest BCUT2D eigenvalue weighted by atomic mass is 9.87. The van der Waals surface area contributed by atoms with Gasteiger partial charge in [-0.3, -0.25) is 4.99 Å². The number of allylic oxidation sites excluding steroid dienone is 3. The molecule has 0 aromatic carbocycles. The van der Waals surface area contributed by atoms with Crippen molar-refractivity contribution < 1.29 is 0 Å². The van der Waals surface area contributed by atoms with E-state index in [1.807, 2.05) is 0 Å². The summed E-state index contributed by atoms with van der Waals surface area (Å²) < 4.78 is 0. The topological polar surface area (TPSA) is 12.4 Å². The number of hydrogen-bond acceptors (Lipinski definition) is 1. The van der Waals surface area contributed by atoms with Crippen molar-refractivity contribution in [3.8, 4) is 0 Å². The van der Waals surface area contributed by atoms with E-state index < -0.39 is 0 Å². The van der Waals surface area contributed by atoms with E-state index in [-0.39, 0.29) is 0 Å². The van der Waals surface area contributed by atoms with Crippen molar-refractivity contribution in [2.45, 2.75) is 33.1 Å². The molecule has 2 rings (SSSR count). The SMILES string of the molecule is CC1=NC2=CCCC=C2C(C)C1. The molecular weight excluding hydrogens is 146 g/mol. The third-order valence-electron chi connectivity index (χ3n) is 2.61. The van der Waals surface area contributed by atoms with Crippen LogP contribution in [0.5, 0.6) is 0 Å². The molecule has 0 radical (unpaired) electrons. The molecular formula is C11H15N. The van der Waals surface area contributed by atoms with Gasteiger partial charge in [-0.05, 0) is 37.7 Å². The Kier molecular flexibility index (Phi) is 1.87. The van der Waals surface area contributed by atoms with E-state index in [0.29, 0.717) is 5.92 Å². The van der Waals surface area contributed by atoms with Gasteiger partial charge < -0.3 is 0 Å². The Morgan fingerprint density at radius 1 is 1.33 bits per heavy atom. The summed E-state index contributed by atoms with van der Waals surface area (Å²) in [6.07, 6.45) is 8.15. The molecule has 2 aliphatic rings. The van der Waals surface area contributed by atoms with Crippen molar-refractivity contribution in [1.82, 2.24) is 0 Å². The fourth-order valence-electron chi connectivity index (χ4n) is 2.05. The van der Waals surface area contributed by atoms with E-state index in [9.17, 15) is 0 Å². The fraction of sp³-hybridized carbons (Fsp3) is 0.545. The molecule has 1 nitrogen and oxygen atoms in total. The highest BCUT2D eigenvalue weighted by molar-refractivity contribution is 5.85. The van der Waals surface area contributed by atoms with E-state index in [1.54, 1.807) is 0 Å². The first-order valence-electron chi connectivity index (χ1n) is 4.72. The molecule has 1 atom stereocenters. The van der Waals surface area contributed by atoms with Crippen molar-refractivity contribution in [2.24, 2.45) is 10.9 Å². The summed E-state index contributed by atoms with van der Waals surface area (Å²) in [5.74, 6) is 0.689. The second-order valence-corrected chi connectivity index (χ2v) is 3.78. The summed E-state index contributed by atoms with van der Waals surface area (Å²) in [6, 6.07) is 0. The molecule has 64 valence electrons. The fourth-order valence-corrected chi connectivity index (χ4v) is 2.05. The monoisotopic (exact) mass is 161 g/mol. The number of nitrogens with zero attached hydrogens (tertiary/aromatic N) is 1. The van der Waals surface area contributed by atoms with Crippen molar-refractivity contribution >= 4 is 5.71 Å². The molecule has 0 N–H and O–H groups in total. The van der Waals surface area contributed by atoms with E-state index in [0.717, 1.165) is 6.42 Å². The Labute approximate surface area is 73.9 Å². The average molecular weight is 161 g/mol. The van der Waals surface area contributed by atoms with Crippen LogP contribution >= 0.6 is 0 Å². The molecule has 1 heteroatoms. The van der Waals surface area contributed by atoms with Crippen molar-refractivity contribution in [3.63, 3.8) is 0 Å². The molecule has 0 spiro atoms. The van der Waals surface area contributed by atoms with Crippen molar-refractivity contribution in [3.05, 3.63) is 23.4 Å². The number of hydrogen-bond donors (Lipinski definition) is 0. The summed E-state index contributed by atoms with van der Waals surface area (Å²) in [4.78, 5) is 4.56. The van der Waals surface area contributed by atoms with Gasteiger partial charge >= 0.3 is 0 Å². The Balaban J connectivity index is 2.38. The third kappa shape index (κ3) is 1.24. The number of rotatable bonds is 0. The first-order chi connectivity index (χ1) is 5.77. The van der Waals surface area contributed by atoms with Crippen molar-refractivity contribution in [1.29, 1.82) is 0 Å². The predicted molar refractivity (Wildman–Crippen MR) is 52.3 cm³/mol. The van der Waals surface area contributed by atoms with Crippen LogP contribution in [0.2, 0.25) is 0 Å². The van der Waals surface area contributed by atoms with Gasteiger partial charge in [0.05, 0.1) is 5.70 Å². The summed E-state index contributed by atoms with van der Waals surface area (Å²) in [5.41, 5.74) is 4.01. The molecule has 0 fully saturated rings. The summed E-state index contributed by atoms with van der Waals surface area (Å²) in [5, 5.41) is 0. The largest absolute Gasteiger partial charge is 0.258 e. The number of fused-ring (bicyclic) bond motifs is 1. The summed E-state index contributed by atoms with van der Waals surface area (Å²) >= 11 is 0. The Hall–Kier alpha value is -0.850. The quantitative estimate of drug-likeness (QED) is 0.517. The predicted octanol–water partition coefficient (Wildman–Crippen LogP) is 3.09. The van der Waals surface area contributed by atoms with Gasteiger partial charge in [0.15, 0.2) is 0 Å². The maximum Gasteiger partial charge on any atom is 0.0620 e. The number of aliphatic imine (C=N–C) groups is 1. The van der Waals surface area contributed by atoms with Gasteiger partial charge in [-0.2, -0.15) is 0 Å². The molecule has 0 aromatic rings. The molecule has 1 aliphatic carbocycles. The smallest absolute Gasteiger partial charge is 0.0620 e. The van der Waals surface area contributed by atoms with Crippen LogP contribution in [0.25, 0.3) is 0 Å². The molecule has 0 saturated heterocycles. The van der Waals surface area contributed by atoms with Gasteiger partial charge in [-0.1, -0.05) is 19.1 Å². The molecule has 12 heavy (non-hydrogen) atoms. The summed E-state index contributed by atoms with van der Waals surface area (Å²) in [7, 11) is 0.